The Morgan fingerprint density at radius 2 is 2.27 bits per heavy atom. The summed E-state index contributed by atoms with van der Waals surface area (Å²) in [5, 5.41) is 2.74. The van der Waals surface area contributed by atoms with Crippen LogP contribution in [-0.4, -0.2) is 12.5 Å². The third-order valence-corrected chi connectivity index (χ3v) is 2.62. The first-order valence-corrected chi connectivity index (χ1v) is 5.21. The molecule has 0 aliphatic heterocycles. The van der Waals surface area contributed by atoms with Crippen LogP contribution in [0.15, 0.2) is 18.2 Å². The summed E-state index contributed by atoms with van der Waals surface area (Å²) in [6, 6.07) is 4.66. The van der Waals surface area contributed by atoms with E-state index in [9.17, 15) is 9.18 Å². The Kier molecular flexibility index (Phi) is 2.71. The van der Waals surface area contributed by atoms with Gasteiger partial charge in [-0.1, -0.05) is 6.07 Å². The van der Waals surface area contributed by atoms with Gasteiger partial charge in [0.15, 0.2) is 0 Å². The highest BCUT2D eigenvalue weighted by Gasteiger charge is 2.22. The molecule has 2 nitrogen and oxygen atoms in total. The first-order chi connectivity index (χ1) is 7.16. The van der Waals surface area contributed by atoms with E-state index in [4.69, 9.17) is 0 Å². The molecule has 3 heteroatoms. The van der Waals surface area contributed by atoms with Gasteiger partial charge in [0.25, 0.3) is 5.91 Å². The molecule has 1 aromatic carbocycles. The van der Waals surface area contributed by atoms with Crippen molar-refractivity contribution in [3.63, 3.8) is 0 Å². The molecule has 2 rings (SSSR count). The summed E-state index contributed by atoms with van der Waals surface area (Å²) in [6.07, 6.45) is 2.35. The van der Waals surface area contributed by atoms with Crippen LogP contribution in [0, 0.1) is 18.7 Å². The maximum atomic E-state index is 13.4. The fourth-order valence-electron chi connectivity index (χ4n) is 1.46. The van der Waals surface area contributed by atoms with Crippen LogP contribution in [0.2, 0.25) is 0 Å². The average molecular weight is 207 g/mol. The zero-order valence-corrected chi connectivity index (χ0v) is 8.72. The fraction of sp³-hybridized carbons (Fsp3) is 0.417. The second-order valence-corrected chi connectivity index (χ2v) is 4.14. The van der Waals surface area contributed by atoms with E-state index in [-0.39, 0.29) is 11.5 Å². The first kappa shape index (κ1) is 10.1. The lowest BCUT2D eigenvalue weighted by Gasteiger charge is -2.05. The topological polar surface area (TPSA) is 29.1 Å². The summed E-state index contributed by atoms with van der Waals surface area (Å²) in [5.74, 6) is -0.134. The molecular weight excluding hydrogens is 193 g/mol. The molecule has 1 amide bonds. The summed E-state index contributed by atoms with van der Waals surface area (Å²) in [4.78, 5) is 11.6. The highest BCUT2D eigenvalue weighted by molar-refractivity contribution is 5.94. The lowest BCUT2D eigenvalue weighted by Crippen LogP contribution is -2.26. The quantitative estimate of drug-likeness (QED) is 0.809. The van der Waals surface area contributed by atoms with Gasteiger partial charge in [-0.15, -0.1) is 0 Å². The number of carbonyl (C=O) groups is 1. The average Bonchev–Trinajstić information content (AvgIpc) is 2.97. The van der Waals surface area contributed by atoms with Gasteiger partial charge in [0.1, 0.15) is 5.82 Å². The second-order valence-electron chi connectivity index (χ2n) is 4.14. The highest BCUT2D eigenvalue weighted by Crippen LogP contribution is 2.27. The molecule has 1 N–H and O–H groups in total. The molecule has 0 unspecified atom stereocenters. The number of nitrogens with one attached hydrogen (secondary N) is 1. The van der Waals surface area contributed by atoms with E-state index in [0.717, 1.165) is 5.56 Å². The SMILES string of the molecule is Cc1ccc(C(=O)NCC2CC2)c(F)c1. The maximum Gasteiger partial charge on any atom is 0.254 e. The Labute approximate surface area is 88.5 Å². The number of hydrogen-bond donors (Lipinski definition) is 1. The van der Waals surface area contributed by atoms with Gasteiger partial charge in [-0.2, -0.15) is 0 Å². The molecule has 1 aromatic rings. The van der Waals surface area contributed by atoms with Crippen LogP contribution in [0.1, 0.15) is 28.8 Å². The predicted octanol–water partition coefficient (Wildman–Crippen LogP) is 2.27. The third-order valence-electron chi connectivity index (χ3n) is 2.62. The van der Waals surface area contributed by atoms with Gasteiger partial charge in [0.2, 0.25) is 0 Å². The van der Waals surface area contributed by atoms with E-state index in [1.165, 1.54) is 25.0 Å². The van der Waals surface area contributed by atoms with Crippen molar-refractivity contribution in [3.05, 3.63) is 35.1 Å². The molecule has 1 aliphatic rings. The van der Waals surface area contributed by atoms with Crippen molar-refractivity contribution in [3.8, 4) is 0 Å². The molecule has 0 radical (unpaired) electrons. The van der Waals surface area contributed by atoms with Crippen molar-refractivity contribution in [2.75, 3.05) is 6.54 Å². The fourth-order valence-corrected chi connectivity index (χ4v) is 1.46. The Bertz CT molecular complexity index is 385. The van der Waals surface area contributed by atoms with Crippen molar-refractivity contribution in [2.45, 2.75) is 19.8 Å². The van der Waals surface area contributed by atoms with Crippen molar-refractivity contribution < 1.29 is 9.18 Å². The van der Waals surface area contributed by atoms with Gasteiger partial charge in [-0.05, 0) is 43.4 Å². The molecule has 0 atom stereocenters. The number of amides is 1. The Morgan fingerprint density at radius 1 is 1.53 bits per heavy atom. The van der Waals surface area contributed by atoms with Crippen LogP contribution < -0.4 is 5.32 Å². The Hall–Kier alpha value is -1.38. The second kappa shape index (κ2) is 4.01. The number of benzene rings is 1. The number of aryl methyl sites for hydroxylation is 1. The molecule has 15 heavy (non-hydrogen) atoms. The van der Waals surface area contributed by atoms with Crippen LogP contribution in [0.5, 0.6) is 0 Å². The van der Waals surface area contributed by atoms with E-state index < -0.39 is 5.82 Å². The Balaban J connectivity index is 2.03. The van der Waals surface area contributed by atoms with Crippen LogP contribution in [0.25, 0.3) is 0 Å². The van der Waals surface area contributed by atoms with Gasteiger partial charge in [-0.3, -0.25) is 4.79 Å². The molecular formula is C12H14FNO. The summed E-state index contributed by atoms with van der Waals surface area (Å²) < 4.78 is 13.4. The number of hydrogen-bond acceptors (Lipinski definition) is 1. The molecule has 80 valence electrons. The minimum absolute atomic E-state index is 0.140. The minimum Gasteiger partial charge on any atom is -0.352 e. The monoisotopic (exact) mass is 207 g/mol. The third kappa shape index (κ3) is 2.55. The van der Waals surface area contributed by atoms with Crippen molar-refractivity contribution in [1.82, 2.24) is 5.32 Å². The minimum atomic E-state index is -0.441. The molecule has 0 spiro atoms. The standard InChI is InChI=1S/C12H14FNO/c1-8-2-5-10(11(13)6-8)12(15)14-7-9-3-4-9/h2,5-6,9H,3-4,7H2,1H3,(H,14,15). The van der Waals surface area contributed by atoms with E-state index in [1.54, 1.807) is 13.0 Å². The summed E-state index contributed by atoms with van der Waals surface area (Å²) >= 11 is 0. The van der Waals surface area contributed by atoms with Gasteiger partial charge in [0.05, 0.1) is 5.56 Å². The highest BCUT2D eigenvalue weighted by atomic mass is 19.1. The molecule has 0 saturated heterocycles. The molecule has 1 fully saturated rings. The lowest BCUT2D eigenvalue weighted by atomic mass is 10.1. The van der Waals surface area contributed by atoms with Gasteiger partial charge < -0.3 is 5.32 Å². The maximum absolute atomic E-state index is 13.4. The number of halogens is 1. The predicted molar refractivity (Wildman–Crippen MR) is 56.2 cm³/mol. The van der Waals surface area contributed by atoms with E-state index in [1.807, 2.05) is 0 Å². The van der Waals surface area contributed by atoms with Crippen LogP contribution >= 0.6 is 0 Å². The zero-order chi connectivity index (χ0) is 10.8. The zero-order valence-electron chi connectivity index (χ0n) is 8.72. The van der Waals surface area contributed by atoms with Crippen LogP contribution in [-0.2, 0) is 0 Å². The van der Waals surface area contributed by atoms with E-state index >= 15 is 0 Å². The van der Waals surface area contributed by atoms with Crippen molar-refractivity contribution in [1.29, 1.82) is 0 Å². The summed E-state index contributed by atoms with van der Waals surface area (Å²) in [6.45, 7) is 2.47. The lowest BCUT2D eigenvalue weighted by molar-refractivity contribution is 0.0948. The smallest absolute Gasteiger partial charge is 0.254 e. The Morgan fingerprint density at radius 3 is 2.87 bits per heavy atom. The normalized spacial score (nSPS) is 15.1. The molecule has 0 bridgehead atoms. The van der Waals surface area contributed by atoms with Crippen LogP contribution in [0.3, 0.4) is 0 Å². The van der Waals surface area contributed by atoms with E-state index in [0.29, 0.717) is 12.5 Å². The van der Waals surface area contributed by atoms with Gasteiger partial charge in [0, 0.05) is 6.54 Å². The molecule has 0 aromatic heterocycles. The number of carbonyl (C=O) groups excluding carboxylic acids is 1. The van der Waals surface area contributed by atoms with Crippen molar-refractivity contribution >= 4 is 5.91 Å². The van der Waals surface area contributed by atoms with Crippen molar-refractivity contribution in [2.24, 2.45) is 5.92 Å². The molecule has 1 saturated carbocycles. The first-order valence-electron chi connectivity index (χ1n) is 5.21. The van der Waals surface area contributed by atoms with Gasteiger partial charge in [-0.25, -0.2) is 4.39 Å². The largest absolute Gasteiger partial charge is 0.352 e. The molecule has 1 aliphatic carbocycles. The molecule has 0 heterocycles. The van der Waals surface area contributed by atoms with Gasteiger partial charge >= 0.3 is 0 Å². The number of rotatable bonds is 3. The summed E-state index contributed by atoms with van der Waals surface area (Å²) in [7, 11) is 0. The van der Waals surface area contributed by atoms with Crippen LogP contribution in [0.4, 0.5) is 4.39 Å². The van der Waals surface area contributed by atoms with E-state index in [2.05, 4.69) is 5.32 Å². The summed E-state index contributed by atoms with van der Waals surface area (Å²) in [5.41, 5.74) is 0.965.